The molecule has 1 aliphatic rings. The Balaban J connectivity index is 1.52. The number of rotatable bonds is 8. The van der Waals surface area contributed by atoms with E-state index in [2.05, 4.69) is 15.6 Å². The lowest BCUT2D eigenvalue weighted by atomic mass is 10.1. The average molecular weight is 382 g/mol. The second-order valence-corrected chi connectivity index (χ2v) is 6.36. The van der Waals surface area contributed by atoms with Gasteiger partial charge in [-0.1, -0.05) is 24.3 Å². The van der Waals surface area contributed by atoms with E-state index in [1.54, 1.807) is 18.3 Å². The van der Waals surface area contributed by atoms with Crippen LogP contribution in [0.5, 0.6) is 5.75 Å². The van der Waals surface area contributed by atoms with Gasteiger partial charge >= 0.3 is 6.03 Å². The molecule has 0 aliphatic carbocycles. The predicted molar refractivity (Wildman–Crippen MR) is 101 cm³/mol. The number of amides is 4. The summed E-state index contributed by atoms with van der Waals surface area (Å²) in [5.74, 6) is -0.122. The number of hydrogen-bond acceptors (Lipinski definition) is 5. The van der Waals surface area contributed by atoms with Crippen LogP contribution >= 0.6 is 0 Å². The Morgan fingerprint density at radius 1 is 1.21 bits per heavy atom. The van der Waals surface area contributed by atoms with Crippen molar-refractivity contribution >= 4 is 17.8 Å². The number of imide groups is 1. The van der Waals surface area contributed by atoms with E-state index in [0.29, 0.717) is 24.3 Å². The molecular formula is C20H22N4O4. The van der Waals surface area contributed by atoms with Crippen LogP contribution in [0.25, 0.3) is 0 Å². The first kappa shape index (κ1) is 19.3. The van der Waals surface area contributed by atoms with Gasteiger partial charge in [-0.15, -0.1) is 0 Å². The van der Waals surface area contributed by atoms with E-state index in [0.717, 1.165) is 10.6 Å². The molecule has 1 atom stereocenters. The number of pyridine rings is 1. The largest absolute Gasteiger partial charge is 0.496 e. The SMILES string of the molecule is COc1ccccc1CN1C(=O)N[C@H](CC(=O)NCCc2ccccn2)C1=O. The fourth-order valence-electron chi connectivity index (χ4n) is 3.00. The van der Waals surface area contributed by atoms with Crippen molar-refractivity contribution in [3.05, 3.63) is 59.9 Å². The molecule has 2 N–H and O–H groups in total. The molecule has 0 saturated carbocycles. The zero-order valence-electron chi connectivity index (χ0n) is 15.6. The molecular weight excluding hydrogens is 360 g/mol. The summed E-state index contributed by atoms with van der Waals surface area (Å²) < 4.78 is 5.26. The summed E-state index contributed by atoms with van der Waals surface area (Å²) in [5.41, 5.74) is 1.59. The zero-order chi connectivity index (χ0) is 19.9. The molecule has 2 heterocycles. The minimum absolute atomic E-state index is 0.0898. The highest BCUT2D eigenvalue weighted by molar-refractivity contribution is 6.05. The van der Waals surface area contributed by atoms with Gasteiger partial charge in [0.2, 0.25) is 5.91 Å². The summed E-state index contributed by atoms with van der Waals surface area (Å²) in [6.07, 6.45) is 2.19. The third kappa shape index (κ3) is 4.64. The number of hydrogen-bond donors (Lipinski definition) is 2. The van der Waals surface area contributed by atoms with Crippen molar-refractivity contribution in [2.45, 2.75) is 25.4 Å². The van der Waals surface area contributed by atoms with Gasteiger partial charge in [0.25, 0.3) is 5.91 Å². The van der Waals surface area contributed by atoms with Gasteiger partial charge in [-0.2, -0.15) is 0 Å². The van der Waals surface area contributed by atoms with Gasteiger partial charge in [0.15, 0.2) is 0 Å². The van der Waals surface area contributed by atoms with E-state index in [1.165, 1.54) is 7.11 Å². The number of urea groups is 1. The van der Waals surface area contributed by atoms with Crippen LogP contribution in [-0.4, -0.2) is 47.4 Å². The van der Waals surface area contributed by atoms with Crippen molar-refractivity contribution in [2.75, 3.05) is 13.7 Å². The molecule has 1 saturated heterocycles. The first-order valence-corrected chi connectivity index (χ1v) is 8.99. The van der Waals surface area contributed by atoms with Crippen molar-refractivity contribution in [1.29, 1.82) is 0 Å². The highest BCUT2D eigenvalue weighted by Crippen LogP contribution is 2.21. The monoisotopic (exact) mass is 382 g/mol. The number of ether oxygens (including phenoxy) is 1. The van der Waals surface area contributed by atoms with Crippen LogP contribution in [0.1, 0.15) is 17.7 Å². The molecule has 8 nitrogen and oxygen atoms in total. The summed E-state index contributed by atoms with van der Waals surface area (Å²) in [6, 6.07) is 11.4. The van der Waals surface area contributed by atoms with Gasteiger partial charge in [0.1, 0.15) is 11.8 Å². The molecule has 0 spiro atoms. The summed E-state index contributed by atoms with van der Waals surface area (Å²) >= 11 is 0. The third-order valence-corrected chi connectivity index (χ3v) is 4.45. The lowest BCUT2D eigenvalue weighted by Gasteiger charge is -2.15. The summed E-state index contributed by atoms with van der Waals surface area (Å²) in [7, 11) is 1.53. The molecule has 1 aliphatic heterocycles. The molecule has 4 amide bonds. The molecule has 2 aromatic rings. The van der Waals surface area contributed by atoms with E-state index in [4.69, 9.17) is 4.74 Å². The lowest BCUT2D eigenvalue weighted by Crippen LogP contribution is -2.37. The summed E-state index contributed by atoms with van der Waals surface area (Å²) in [4.78, 5) is 42.2. The van der Waals surface area contributed by atoms with E-state index in [9.17, 15) is 14.4 Å². The molecule has 3 rings (SSSR count). The van der Waals surface area contributed by atoms with Crippen LogP contribution in [-0.2, 0) is 22.6 Å². The van der Waals surface area contributed by atoms with Crippen molar-refractivity contribution in [1.82, 2.24) is 20.5 Å². The van der Waals surface area contributed by atoms with Crippen LogP contribution in [0.3, 0.4) is 0 Å². The molecule has 146 valence electrons. The predicted octanol–water partition coefficient (Wildman–Crippen LogP) is 1.26. The second kappa shape index (κ2) is 8.98. The summed E-state index contributed by atoms with van der Waals surface area (Å²) in [6.45, 7) is 0.502. The second-order valence-electron chi connectivity index (χ2n) is 6.36. The van der Waals surface area contributed by atoms with Crippen molar-refractivity contribution in [2.24, 2.45) is 0 Å². The minimum Gasteiger partial charge on any atom is -0.496 e. The Morgan fingerprint density at radius 3 is 2.75 bits per heavy atom. The quantitative estimate of drug-likeness (QED) is 0.670. The smallest absolute Gasteiger partial charge is 0.325 e. The maximum atomic E-state index is 12.6. The Labute approximate surface area is 162 Å². The van der Waals surface area contributed by atoms with Gasteiger partial charge < -0.3 is 15.4 Å². The molecule has 8 heteroatoms. The maximum Gasteiger partial charge on any atom is 0.325 e. The van der Waals surface area contributed by atoms with Crippen LogP contribution in [0.2, 0.25) is 0 Å². The van der Waals surface area contributed by atoms with Gasteiger partial charge in [0.05, 0.1) is 20.1 Å². The molecule has 0 unspecified atom stereocenters. The number of methoxy groups -OCH3 is 1. The van der Waals surface area contributed by atoms with Crippen molar-refractivity contribution in [3.8, 4) is 5.75 Å². The molecule has 1 aromatic carbocycles. The topological polar surface area (TPSA) is 101 Å². The standard InChI is InChI=1S/C20H22N4O4/c1-28-17-8-3-2-6-14(17)13-24-19(26)16(23-20(24)27)12-18(25)22-11-9-15-7-4-5-10-21-15/h2-8,10,16H,9,11-13H2,1H3,(H,22,25)(H,23,27)/t16-/m1/s1. The Hall–Kier alpha value is -3.42. The van der Waals surface area contributed by atoms with Crippen LogP contribution in [0.15, 0.2) is 48.7 Å². The lowest BCUT2D eigenvalue weighted by molar-refractivity contribution is -0.131. The van der Waals surface area contributed by atoms with Crippen molar-refractivity contribution in [3.63, 3.8) is 0 Å². The van der Waals surface area contributed by atoms with Gasteiger partial charge in [-0.05, 0) is 18.2 Å². The number of carbonyl (C=O) groups is 3. The van der Waals surface area contributed by atoms with E-state index in [1.807, 2.05) is 30.3 Å². The molecule has 1 fully saturated rings. The van der Waals surface area contributed by atoms with Crippen LogP contribution < -0.4 is 15.4 Å². The third-order valence-electron chi connectivity index (χ3n) is 4.45. The maximum absolute atomic E-state index is 12.6. The highest BCUT2D eigenvalue weighted by Gasteiger charge is 2.39. The number of para-hydroxylation sites is 1. The minimum atomic E-state index is -0.864. The fraction of sp³-hybridized carbons (Fsp3) is 0.300. The van der Waals surface area contributed by atoms with E-state index >= 15 is 0 Å². The number of nitrogens with zero attached hydrogens (tertiary/aromatic N) is 2. The zero-order valence-corrected chi connectivity index (χ0v) is 15.6. The fourth-order valence-corrected chi connectivity index (χ4v) is 3.00. The van der Waals surface area contributed by atoms with Crippen LogP contribution in [0.4, 0.5) is 4.79 Å². The molecule has 1 aromatic heterocycles. The van der Waals surface area contributed by atoms with Gasteiger partial charge in [-0.25, -0.2) is 4.79 Å². The highest BCUT2D eigenvalue weighted by atomic mass is 16.5. The summed E-state index contributed by atoms with van der Waals surface area (Å²) in [5, 5.41) is 5.33. The first-order chi connectivity index (χ1) is 13.6. The number of carbonyl (C=O) groups excluding carboxylic acids is 3. The van der Waals surface area contributed by atoms with E-state index < -0.39 is 18.0 Å². The average Bonchev–Trinajstić information content (AvgIpc) is 2.96. The Morgan fingerprint density at radius 2 is 2.00 bits per heavy atom. The number of aromatic nitrogens is 1. The first-order valence-electron chi connectivity index (χ1n) is 8.99. The normalized spacial score (nSPS) is 16.0. The molecule has 28 heavy (non-hydrogen) atoms. The van der Waals surface area contributed by atoms with Crippen molar-refractivity contribution < 1.29 is 19.1 Å². The molecule has 0 bridgehead atoms. The molecule has 0 radical (unpaired) electrons. The van der Waals surface area contributed by atoms with E-state index in [-0.39, 0.29) is 18.9 Å². The van der Waals surface area contributed by atoms with Gasteiger partial charge in [0, 0.05) is 30.4 Å². The number of benzene rings is 1. The van der Waals surface area contributed by atoms with Gasteiger partial charge in [-0.3, -0.25) is 19.5 Å². The number of nitrogens with one attached hydrogen (secondary N) is 2. The Bertz CT molecular complexity index is 856. The van der Waals surface area contributed by atoms with Crippen LogP contribution in [0, 0.1) is 0 Å². The Kier molecular flexibility index (Phi) is 6.21.